The zero-order chi connectivity index (χ0) is 11.2. The van der Waals surface area contributed by atoms with Gasteiger partial charge >= 0.3 is 0 Å². The summed E-state index contributed by atoms with van der Waals surface area (Å²) < 4.78 is 6.97. The molecule has 0 unspecified atom stereocenters. The Hall–Kier alpha value is -0.900. The third kappa shape index (κ3) is 4.46. The van der Waals surface area contributed by atoms with Crippen molar-refractivity contribution in [1.29, 1.82) is 0 Å². The van der Waals surface area contributed by atoms with Crippen LogP contribution in [0.1, 0.15) is 0 Å². The van der Waals surface area contributed by atoms with Crippen LogP contribution in [-0.4, -0.2) is 58.5 Å². The topological polar surface area (TPSA) is 81.6 Å². The van der Waals surface area contributed by atoms with Crippen molar-refractivity contribution < 1.29 is 4.74 Å². The summed E-state index contributed by atoms with van der Waals surface area (Å²) in [4.78, 5) is 10.2. The van der Waals surface area contributed by atoms with Crippen LogP contribution in [0, 0.1) is 0 Å². The van der Waals surface area contributed by atoms with Crippen molar-refractivity contribution in [3.05, 3.63) is 12.7 Å². The van der Waals surface area contributed by atoms with E-state index >= 15 is 0 Å². The molecule has 7 nitrogen and oxygen atoms in total. The minimum Gasteiger partial charge on any atom is -0.378 e. The van der Waals surface area contributed by atoms with Gasteiger partial charge in [0, 0.05) is 13.1 Å². The molecule has 1 aliphatic rings. The Labute approximate surface area is 117 Å². The largest absolute Gasteiger partial charge is 0.378 e. The summed E-state index contributed by atoms with van der Waals surface area (Å²) in [6, 6.07) is 0. The normalized spacial score (nSPS) is 16.7. The Bertz CT molecular complexity index is 335. The average molecular weight is 352 g/mol. The molecule has 1 aliphatic heterocycles. The van der Waals surface area contributed by atoms with E-state index in [-0.39, 0.29) is 24.0 Å². The zero-order valence-corrected chi connectivity index (χ0v) is 11.9. The van der Waals surface area contributed by atoms with Gasteiger partial charge in [-0.25, -0.2) is 4.98 Å². The molecular formula is C9H17IN6O. The van der Waals surface area contributed by atoms with Gasteiger partial charge in [0.05, 0.1) is 26.3 Å². The molecule has 0 aliphatic carbocycles. The van der Waals surface area contributed by atoms with E-state index in [2.05, 4.69) is 15.1 Å². The van der Waals surface area contributed by atoms with Crippen LogP contribution >= 0.6 is 24.0 Å². The second-order valence-electron chi connectivity index (χ2n) is 3.50. The Morgan fingerprint density at radius 1 is 1.41 bits per heavy atom. The number of hydrogen-bond acceptors (Lipinski definition) is 4. The van der Waals surface area contributed by atoms with Crippen LogP contribution < -0.4 is 5.73 Å². The first-order valence-electron chi connectivity index (χ1n) is 5.31. The van der Waals surface area contributed by atoms with Gasteiger partial charge in [-0.2, -0.15) is 5.10 Å². The Balaban J connectivity index is 0.00000144. The molecule has 2 N–H and O–H groups in total. The van der Waals surface area contributed by atoms with E-state index in [1.54, 1.807) is 11.0 Å². The lowest BCUT2D eigenvalue weighted by molar-refractivity contribution is 0.0674. The molecule has 0 radical (unpaired) electrons. The number of hydrogen-bond donors (Lipinski definition) is 1. The molecule has 1 fully saturated rings. The molecule has 0 bridgehead atoms. The lowest BCUT2D eigenvalue weighted by atomic mass is 10.4. The third-order valence-corrected chi connectivity index (χ3v) is 2.40. The fourth-order valence-corrected chi connectivity index (χ4v) is 1.51. The maximum absolute atomic E-state index is 5.86. The molecule has 1 aromatic rings. The summed E-state index contributed by atoms with van der Waals surface area (Å²) in [5.74, 6) is 0.586. The number of aliphatic imine (C=N–C) groups is 1. The van der Waals surface area contributed by atoms with Gasteiger partial charge in [0.25, 0.3) is 0 Å². The molecule has 0 aromatic carbocycles. The number of ether oxygens (including phenoxy) is 1. The predicted octanol–water partition coefficient (Wildman–Crippen LogP) is -0.457. The van der Waals surface area contributed by atoms with E-state index in [0.717, 1.165) is 26.3 Å². The van der Waals surface area contributed by atoms with Crippen molar-refractivity contribution in [3.63, 3.8) is 0 Å². The summed E-state index contributed by atoms with van der Waals surface area (Å²) in [5.41, 5.74) is 5.86. The van der Waals surface area contributed by atoms with Gasteiger partial charge in [0.1, 0.15) is 12.7 Å². The van der Waals surface area contributed by atoms with Gasteiger partial charge in [-0.3, -0.25) is 9.67 Å². The highest BCUT2D eigenvalue weighted by atomic mass is 127. The van der Waals surface area contributed by atoms with Crippen molar-refractivity contribution in [3.8, 4) is 0 Å². The van der Waals surface area contributed by atoms with E-state index in [4.69, 9.17) is 10.5 Å². The van der Waals surface area contributed by atoms with Gasteiger partial charge < -0.3 is 15.4 Å². The molecule has 96 valence electrons. The fourth-order valence-electron chi connectivity index (χ4n) is 1.51. The van der Waals surface area contributed by atoms with Crippen molar-refractivity contribution in [2.45, 2.75) is 6.54 Å². The molecule has 0 spiro atoms. The van der Waals surface area contributed by atoms with Gasteiger partial charge in [0.2, 0.25) is 0 Å². The Kier molecular flexibility index (Phi) is 6.19. The molecule has 17 heavy (non-hydrogen) atoms. The summed E-state index contributed by atoms with van der Waals surface area (Å²) in [5, 5.41) is 3.99. The maximum Gasteiger partial charge on any atom is 0.191 e. The number of nitrogens with two attached hydrogens (primary N) is 1. The fraction of sp³-hybridized carbons (Fsp3) is 0.667. The van der Waals surface area contributed by atoms with Crippen LogP contribution in [0.15, 0.2) is 17.6 Å². The van der Waals surface area contributed by atoms with E-state index < -0.39 is 0 Å². The highest BCUT2D eigenvalue weighted by molar-refractivity contribution is 14.0. The SMILES string of the molecule is I.NC(=NCCn1cncn1)N1CCOCC1. The number of guanidine groups is 1. The van der Waals surface area contributed by atoms with E-state index in [0.29, 0.717) is 19.0 Å². The molecule has 1 aromatic heterocycles. The first-order valence-corrected chi connectivity index (χ1v) is 5.31. The van der Waals surface area contributed by atoms with Crippen molar-refractivity contribution in [2.75, 3.05) is 32.8 Å². The molecule has 0 saturated carbocycles. The van der Waals surface area contributed by atoms with Crippen LogP contribution in [0.4, 0.5) is 0 Å². The van der Waals surface area contributed by atoms with E-state index in [9.17, 15) is 0 Å². The highest BCUT2D eigenvalue weighted by Gasteiger charge is 2.11. The summed E-state index contributed by atoms with van der Waals surface area (Å²) in [6.45, 7) is 4.40. The van der Waals surface area contributed by atoms with Crippen molar-refractivity contribution >= 4 is 29.9 Å². The monoisotopic (exact) mass is 352 g/mol. The second kappa shape index (κ2) is 7.43. The van der Waals surface area contributed by atoms with Gasteiger partial charge in [0.15, 0.2) is 5.96 Å². The maximum atomic E-state index is 5.86. The van der Waals surface area contributed by atoms with E-state index in [1.165, 1.54) is 6.33 Å². The first-order chi connectivity index (χ1) is 7.86. The van der Waals surface area contributed by atoms with Crippen LogP contribution in [0.5, 0.6) is 0 Å². The van der Waals surface area contributed by atoms with Crippen LogP contribution in [0.2, 0.25) is 0 Å². The molecule has 0 atom stereocenters. The summed E-state index contributed by atoms with van der Waals surface area (Å²) in [6.07, 6.45) is 3.18. The minimum absolute atomic E-state index is 0. The summed E-state index contributed by atoms with van der Waals surface area (Å²) >= 11 is 0. The molecule has 1 saturated heterocycles. The second-order valence-corrected chi connectivity index (χ2v) is 3.50. The Morgan fingerprint density at radius 3 is 2.82 bits per heavy atom. The Morgan fingerprint density at radius 2 is 2.18 bits per heavy atom. The number of halogens is 1. The highest BCUT2D eigenvalue weighted by Crippen LogP contribution is 1.96. The molecule has 0 amide bonds. The lowest BCUT2D eigenvalue weighted by Crippen LogP contribution is -2.44. The van der Waals surface area contributed by atoms with E-state index in [1.807, 2.05) is 4.90 Å². The minimum atomic E-state index is 0. The zero-order valence-electron chi connectivity index (χ0n) is 9.53. The van der Waals surface area contributed by atoms with Gasteiger partial charge in [-0.15, -0.1) is 24.0 Å². The number of rotatable bonds is 3. The molecule has 2 heterocycles. The quantitative estimate of drug-likeness (QED) is 0.453. The number of morpholine rings is 1. The lowest BCUT2D eigenvalue weighted by Gasteiger charge is -2.27. The van der Waals surface area contributed by atoms with Crippen molar-refractivity contribution in [2.24, 2.45) is 10.7 Å². The number of aromatic nitrogens is 3. The summed E-state index contributed by atoms with van der Waals surface area (Å²) in [7, 11) is 0. The van der Waals surface area contributed by atoms with Crippen LogP contribution in [0.25, 0.3) is 0 Å². The first kappa shape index (κ1) is 14.2. The standard InChI is InChI=1S/C9H16N6O.HI/c10-9(14-3-5-16-6-4-14)12-1-2-15-8-11-7-13-15;/h7-8H,1-6H2,(H2,10,12);1H. The van der Waals surface area contributed by atoms with Crippen LogP contribution in [-0.2, 0) is 11.3 Å². The molecule has 8 heteroatoms. The third-order valence-electron chi connectivity index (χ3n) is 2.40. The van der Waals surface area contributed by atoms with Crippen LogP contribution in [0.3, 0.4) is 0 Å². The molecular weight excluding hydrogens is 335 g/mol. The van der Waals surface area contributed by atoms with Gasteiger partial charge in [-0.1, -0.05) is 0 Å². The molecule has 2 rings (SSSR count). The van der Waals surface area contributed by atoms with Gasteiger partial charge in [-0.05, 0) is 0 Å². The average Bonchev–Trinajstić information content (AvgIpc) is 2.83. The number of nitrogens with zero attached hydrogens (tertiary/aromatic N) is 5. The smallest absolute Gasteiger partial charge is 0.191 e. The van der Waals surface area contributed by atoms with Crippen molar-refractivity contribution in [1.82, 2.24) is 19.7 Å². The predicted molar refractivity (Wildman–Crippen MR) is 74.3 cm³/mol.